The highest BCUT2D eigenvalue weighted by molar-refractivity contribution is 7.17. The lowest BCUT2D eigenvalue weighted by atomic mass is 10.2. The van der Waals surface area contributed by atoms with Crippen molar-refractivity contribution in [1.82, 2.24) is 19.9 Å². The SMILES string of the molecule is C=C/C=C(\C=C/N)c1sc(NC(=O)NCCc2ncn(CC)c2Cl)nc1C. The number of anilines is 1. The molecule has 2 aromatic heterocycles. The molecule has 2 heterocycles. The first-order valence-corrected chi connectivity index (χ1v) is 9.62. The molecular formula is C18H23ClN6OS. The van der Waals surface area contributed by atoms with Crippen molar-refractivity contribution in [1.29, 1.82) is 0 Å². The van der Waals surface area contributed by atoms with Crippen LogP contribution in [-0.4, -0.2) is 27.1 Å². The first kappa shape index (κ1) is 20.7. The molecule has 0 saturated heterocycles. The van der Waals surface area contributed by atoms with E-state index in [2.05, 4.69) is 27.2 Å². The molecule has 4 N–H and O–H groups in total. The monoisotopic (exact) mass is 406 g/mol. The lowest BCUT2D eigenvalue weighted by Crippen LogP contribution is -2.30. The number of carbonyl (C=O) groups is 1. The van der Waals surface area contributed by atoms with Gasteiger partial charge in [-0.1, -0.05) is 41.7 Å². The van der Waals surface area contributed by atoms with Gasteiger partial charge in [0.05, 0.1) is 22.6 Å². The van der Waals surface area contributed by atoms with Gasteiger partial charge in [-0.15, -0.1) is 0 Å². The molecule has 0 unspecified atom stereocenters. The second kappa shape index (κ2) is 9.94. The molecule has 0 fully saturated rings. The van der Waals surface area contributed by atoms with Crippen LogP contribution in [0.1, 0.15) is 23.2 Å². The standard InChI is InChI=1S/C18H23ClN6OS/c1-4-6-13(7-9-20)15-12(3)23-18(27-15)24-17(26)21-10-8-14-16(19)25(5-2)11-22-14/h4,6-7,9,11H,1,5,8,10,20H2,2-3H3,(H2,21,23,24,26)/b9-7-,13-6+. The number of nitrogens with one attached hydrogen (secondary N) is 2. The predicted octanol–water partition coefficient (Wildman–Crippen LogP) is 3.73. The zero-order valence-electron chi connectivity index (χ0n) is 15.3. The molecule has 144 valence electrons. The van der Waals surface area contributed by atoms with Crippen LogP contribution in [0.15, 0.2) is 37.3 Å². The molecule has 7 nitrogen and oxygen atoms in total. The number of imidazole rings is 1. The summed E-state index contributed by atoms with van der Waals surface area (Å²) in [5.41, 5.74) is 7.94. The number of thiazole rings is 1. The zero-order chi connectivity index (χ0) is 19.8. The largest absolute Gasteiger partial charge is 0.405 e. The van der Waals surface area contributed by atoms with Crippen LogP contribution in [0.2, 0.25) is 5.15 Å². The van der Waals surface area contributed by atoms with Crippen LogP contribution in [0.25, 0.3) is 5.57 Å². The summed E-state index contributed by atoms with van der Waals surface area (Å²) in [6.07, 6.45) is 8.99. The van der Waals surface area contributed by atoms with E-state index >= 15 is 0 Å². The van der Waals surface area contributed by atoms with Crippen LogP contribution in [-0.2, 0) is 13.0 Å². The van der Waals surface area contributed by atoms with Gasteiger partial charge in [-0.3, -0.25) is 5.32 Å². The minimum Gasteiger partial charge on any atom is -0.405 e. The maximum absolute atomic E-state index is 12.1. The van der Waals surface area contributed by atoms with E-state index < -0.39 is 0 Å². The molecule has 2 rings (SSSR count). The van der Waals surface area contributed by atoms with E-state index in [-0.39, 0.29) is 6.03 Å². The van der Waals surface area contributed by atoms with E-state index in [0.717, 1.165) is 28.4 Å². The number of halogens is 1. The second-order valence-electron chi connectivity index (χ2n) is 5.55. The number of carbonyl (C=O) groups excluding carboxylic acids is 1. The molecule has 0 spiro atoms. The molecule has 0 atom stereocenters. The third-order valence-electron chi connectivity index (χ3n) is 3.68. The van der Waals surface area contributed by atoms with Gasteiger partial charge in [0.1, 0.15) is 5.15 Å². The fraction of sp³-hybridized carbons (Fsp3) is 0.278. The summed E-state index contributed by atoms with van der Waals surface area (Å²) < 4.78 is 1.85. The van der Waals surface area contributed by atoms with Crippen molar-refractivity contribution in [3.63, 3.8) is 0 Å². The Morgan fingerprint density at radius 2 is 2.30 bits per heavy atom. The highest BCUT2D eigenvalue weighted by Gasteiger charge is 2.13. The number of hydrogen-bond acceptors (Lipinski definition) is 5. The van der Waals surface area contributed by atoms with Crippen LogP contribution in [0.3, 0.4) is 0 Å². The molecule has 2 amide bonds. The highest BCUT2D eigenvalue weighted by Crippen LogP contribution is 2.30. The van der Waals surface area contributed by atoms with Gasteiger partial charge < -0.3 is 15.6 Å². The fourth-order valence-electron chi connectivity index (χ4n) is 2.39. The maximum atomic E-state index is 12.1. The molecule has 0 aliphatic carbocycles. The van der Waals surface area contributed by atoms with E-state index in [4.69, 9.17) is 17.3 Å². The summed E-state index contributed by atoms with van der Waals surface area (Å²) in [5.74, 6) is 0. The number of rotatable bonds is 8. The second-order valence-corrected chi connectivity index (χ2v) is 6.91. The lowest BCUT2D eigenvalue weighted by molar-refractivity contribution is 0.252. The Balaban J connectivity index is 1.94. The fourth-order valence-corrected chi connectivity index (χ4v) is 3.66. The van der Waals surface area contributed by atoms with E-state index in [1.54, 1.807) is 18.5 Å². The number of aromatic nitrogens is 3. The van der Waals surface area contributed by atoms with Gasteiger partial charge >= 0.3 is 6.03 Å². The molecular weight excluding hydrogens is 384 g/mol. The molecule has 0 aliphatic heterocycles. The molecule has 0 bridgehead atoms. The molecule has 2 aromatic rings. The summed E-state index contributed by atoms with van der Waals surface area (Å²) in [5, 5.41) is 6.65. The lowest BCUT2D eigenvalue weighted by Gasteiger charge is -2.05. The quantitative estimate of drug-likeness (QED) is 0.582. The van der Waals surface area contributed by atoms with Crippen molar-refractivity contribution in [3.05, 3.63) is 58.8 Å². The van der Waals surface area contributed by atoms with Crippen LogP contribution >= 0.6 is 22.9 Å². The average molecular weight is 407 g/mol. The van der Waals surface area contributed by atoms with E-state index in [1.165, 1.54) is 17.5 Å². The van der Waals surface area contributed by atoms with Crippen LogP contribution < -0.4 is 16.4 Å². The molecule has 0 aliphatic rings. The van der Waals surface area contributed by atoms with Gasteiger partial charge in [0.15, 0.2) is 5.13 Å². The van der Waals surface area contributed by atoms with Gasteiger partial charge in [0.25, 0.3) is 0 Å². The summed E-state index contributed by atoms with van der Waals surface area (Å²) in [6.45, 7) is 8.75. The van der Waals surface area contributed by atoms with Crippen molar-refractivity contribution < 1.29 is 4.79 Å². The molecule has 0 saturated carbocycles. The minimum atomic E-state index is -0.329. The van der Waals surface area contributed by atoms with E-state index in [9.17, 15) is 4.79 Å². The van der Waals surface area contributed by atoms with Gasteiger partial charge in [-0.05, 0) is 31.7 Å². The smallest absolute Gasteiger partial charge is 0.321 e. The number of hydrogen-bond donors (Lipinski definition) is 3. The zero-order valence-corrected chi connectivity index (χ0v) is 16.9. The summed E-state index contributed by atoms with van der Waals surface area (Å²) in [4.78, 5) is 21.7. The predicted molar refractivity (Wildman–Crippen MR) is 112 cm³/mol. The number of nitrogens with zero attached hydrogens (tertiary/aromatic N) is 3. The Labute approximate surface area is 167 Å². The molecule has 0 aromatic carbocycles. The Morgan fingerprint density at radius 3 is 2.93 bits per heavy atom. The van der Waals surface area contributed by atoms with E-state index in [1.807, 2.05) is 24.5 Å². The van der Waals surface area contributed by atoms with Gasteiger partial charge in [-0.25, -0.2) is 14.8 Å². The van der Waals surface area contributed by atoms with Gasteiger partial charge in [0.2, 0.25) is 0 Å². The van der Waals surface area contributed by atoms with Crippen molar-refractivity contribution in [2.75, 3.05) is 11.9 Å². The Hall–Kier alpha value is -2.58. The minimum absolute atomic E-state index is 0.329. The Bertz CT molecular complexity index is 867. The number of nitrogens with two attached hydrogens (primary N) is 1. The van der Waals surface area contributed by atoms with Crippen molar-refractivity contribution in [3.8, 4) is 0 Å². The van der Waals surface area contributed by atoms with Crippen molar-refractivity contribution in [2.45, 2.75) is 26.8 Å². The summed E-state index contributed by atoms with van der Waals surface area (Å²) >= 11 is 7.58. The normalized spacial score (nSPS) is 11.7. The van der Waals surface area contributed by atoms with E-state index in [0.29, 0.717) is 23.3 Å². The highest BCUT2D eigenvalue weighted by atomic mass is 35.5. The Morgan fingerprint density at radius 1 is 1.52 bits per heavy atom. The van der Waals surface area contributed by atoms with Crippen LogP contribution in [0.5, 0.6) is 0 Å². The Kier molecular flexibility index (Phi) is 7.63. The first-order chi connectivity index (χ1) is 13.0. The molecule has 0 radical (unpaired) electrons. The molecule has 9 heteroatoms. The van der Waals surface area contributed by atoms with Crippen molar-refractivity contribution >= 4 is 39.7 Å². The number of amides is 2. The third kappa shape index (κ3) is 5.45. The maximum Gasteiger partial charge on any atom is 0.321 e. The number of allylic oxidation sites excluding steroid dienone is 4. The van der Waals surface area contributed by atoms with Gasteiger partial charge in [-0.2, -0.15) is 0 Å². The van der Waals surface area contributed by atoms with Crippen molar-refractivity contribution in [2.24, 2.45) is 5.73 Å². The first-order valence-electron chi connectivity index (χ1n) is 8.43. The molecule has 27 heavy (non-hydrogen) atoms. The topological polar surface area (TPSA) is 97.9 Å². The number of urea groups is 1. The van der Waals surface area contributed by atoms with Crippen LogP contribution in [0.4, 0.5) is 9.93 Å². The number of aryl methyl sites for hydroxylation is 2. The van der Waals surface area contributed by atoms with Gasteiger partial charge in [0, 0.05) is 19.5 Å². The summed E-state index contributed by atoms with van der Waals surface area (Å²) in [6, 6.07) is -0.329. The third-order valence-corrected chi connectivity index (χ3v) is 5.24. The average Bonchev–Trinajstić information content (AvgIpc) is 3.17. The van der Waals surface area contributed by atoms with Crippen LogP contribution in [0, 0.1) is 6.92 Å². The summed E-state index contributed by atoms with van der Waals surface area (Å²) in [7, 11) is 0.